The fraction of sp³-hybridized carbons (Fsp3) is 0.612. The Labute approximate surface area is 308 Å². The molecule has 4 aliphatic rings. The molecule has 0 aliphatic heterocycles. The van der Waals surface area contributed by atoms with E-state index in [-0.39, 0.29) is 6.42 Å². The molecule has 51 heavy (non-hydrogen) atoms. The van der Waals surface area contributed by atoms with Crippen LogP contribution in [0.25, 0.3) is 32.3 Å². The Balaban J connectivity index is 1.07. The molecule has 2 nitrogen and oxygen atoms in total. The summed E-state index contributed by atoms with van der Waals surface area (Å²) in [5.74, 6) is 5.15. The monoisotopic (exact) mass is 684 g/mol. The second-order valence-corrected chi connectivity index (χ2v) is 19.0. The van der Waals surface area contributed by atoms with Gasteiger partial charge in [-0.25, -0.2) is 0 Å². The number of carboxylic acid groups (broad SMARTS) is 1. The maximum atomic E-state index is 11.3. The highest BCUT2D eigenvalue weighted by Gasteiger charge is 2.59. The third kappa shape index (κ3) is 6.13. The van der Waals surface area contributed by atoms with Gasteiger partial charge in [-0.15, -0.1) is 0 Å². The fourth-order valence-electron chi connectivity index (χ4n) is 13.2. The van der Waals surface area contributed by atoms with Gasteiger partial charge in [0.25, 0.3) is 0 Å². The standard InChI is InChI=1S/C49H64O2/c1-31(2)11-9-12-32(3)42-23-24-43-40-22-20-37-29-35(25-27-48(37,4)44(40)26-28-49(42,43)5)41-30-36-18-17-33-13-10-14-34-19-21-39(47(36)46(33)34)38(41)15-7-6-8-16-45(50)51/h10,13-14,17-21,30-32,35,40,42-44H,6-9,11-12,15-16,22-29H2,1-5H3,(H,50,51)/t32-,35+,40+,42-,43+,44+,48+,49-/m1/s1. The van der Waals surface area contributed by atoms with Crippen molar-refractivity contribution in [2.75, 3.05) is 0 Å². The number of rotatable bonds is 12. The number of carboxylic acids is 1. The second-order valence-electron chi connectivity index (χ2n) is 19.0. The second kappa shape index (κ2) is 13.8. The summed E-state index contributed by atoms with van der Waals surface area (Å²) in [6.45, 7) is 12.8. The zero-order valence-electron chi connectivity index (χ0n) is 32.4. The molecular weight excluding hydrogens is 621 g/mol. The summed E-state index contributed by atoms with van der Waals surface area (Å²) in [5, 5.41) is 17.6. The molecule has 1 N–H and O–H groups in total. The lowest BCUT2D eigenvalue weighted by Crippen LogP contribution is -2.50. The minimum atomic E-state index is -0.673. The minimum absolute atomic E-state index is 0.279. The third-order valence-electron chi connectivity index (χ3n) is 15.9. The highest BCUT2D eigenvalue weighted by molar-refractivity contribution is 6.23. The summed E-state index contributed by atoms with van der Waals surface area (Å²) >= 11 is 0. The molecule has 8 rings (SSSR count). The van der Waals surface area contributed by atoms with E-state index in [1.165, 1.54) is 103 Å². The quantitative estimate of drug-likeness (QED) is 0.0916. The Kier molecular flexibility index (Phi) is 9.54. The SMILES string of the molecule is CC(C)CCC[C@@H](C)[C@H]1CC[C@H]2[C@@H]3CC=C4C[C@@H](c5cc6ccc7cccc8ccc(c5CCCCCC(=O)O)c6c78)CC[C@]4(C)[C@H]3CC[C@]12C. The lowest BCUT2D eigenvalue weighted by Gasteiger charge is -2.58. The van der Waals surface area contributed by atoms with Gasteiger partial charge in [0, 0.05) is 6.42 Å². The van der Waals surface area contributed by atoms with Crippen LogP contribution in [-0.4, -0.2) is 11.1 Å². The smallest absolute Gasteiger partial charge is 0.303 e. The predicted molar refractivity (Wildman–Crippen MR) is 216 cm³/mol. The molecule has 2 heteroatoms. The van der Waals surface area contributed by atoms with Gasteiger partial charge in [-0.05, 0) is 166 Å². The molecule has 4 aromatic carbocycles. The van der Waals surface area contributed by atoms with Crippen LogP contribution in [0.15, 0.2) is 60.2 Å². The molecule has 4 aliphatic carbocycles. The molecule has 0 amide bonds. The zero-order valence-corrected chi connectivity index (χ0v) is 32.4. The molecule has 0 radical (unpaired) electrons. The first-order valence-corrected chi connectivity index (χ1v) is 21.2. The van der Waals surface area contributed by atoms with Crippen molar-refractivity contribution in [1.29, 1.82) is 0 Å². The van der Waals surface area contributed by atoms with E-state index >= 15 is 0 Å². The molecular formula is C49H64O2. The molecule has 272 valence electrons. The highest BCUT2D eigenvalue weighted by Crippen LogP contribution is 2.68. The van der Waals surface area contributed by atoms with Crippen LogP contribution in [0.1, 0.15) is 148 Å². The molecule has 0 saturated heterocycles. The van der Waals surface area contributed by atoms with Crippen LogP contribution < -0.4 is 0 Å². The molecule has 0 heterocycles. The van der Waals surface area contributed by atoms with E-state index < -0.39 is 5.97 Å². The van der Waals surface area contributed by atoms with Crippen molar-refractivity contribution in [2.45, 2.75) is 143 Å². The Hall–Kier alpha value is -2.87. The first-order valence-electron chi connectivity index (χ1n) is 21.2. The topological polar surface area (TPSA) is 37.3 Å². The van der Waals surface area contributed by atoms with Crippen molar-refractivity contribution in [3.8, 4) is 0 Å². The van der Waals surface area contributed by atoms with Crippen molar-refractivity contribution in [1.82, 2.24) is 0 Å². The number of aliphatic carboxylic acids is 1. The summed E-state index contributed by atoms with van der Waals surface area (Å²) in [4.78, 5) is 11.3. The number of benzene rings is 4. The average Bonchev–Trinajstić information content (AvgIpc) is 3.47. The molecule has 3 fully saturated rings. The largest absolute Gasteiger partial charge is 0.481 e. The lowest BCUT2D eigenvalue weighted by atomic mass is 9.46. The maximum Gasteiger partial charge on any atom is 0.303 e. The fourth-order valence-corrected chi connectivity index (χ4v) is 13.2. The van der Waals surface area contributed by atoms with Gasteiger partial charge in [-0.2, -0.15) is 0 Å². The van der Waals surface area contributed by atoms with E-state index in [1.54, 1.807) is 16.7 Å². The van der Waals surface area contributed by atoms with Gasteiger partial charge >= 0.3 is 5.97 Å². The van der Waals surface area contributed by atoms with Crippen LogP contribution in [0.4, 0.5) is 0 Å². The highest BCUT2D eigenvalue weighted by atomic mass is 16.4. The van der Waals surface area contributed by atoms with Crippen LogP contribution in [0.2, 0.25) is 0 Å². The molecule has 8 atom stereocenters. The van der Waals surface area contributed by atoms with Gasteiger partial charge in [0.1, 0.15) is 0 Å². The van der Waals surface area contributed by atoms with Crippen molar-refractivity contribution >= 4 is 38.3 Å². The van der Waals surface area contributed by atoms with E-state index in [0.29, 0.717) is 16.7 Å². The number of allylic oxidation sites excluding steroid dienone is 2. The van der Waals surface area contributed by atoms with E-state index in [0.717, 1.165) is 61.2 Å². The first-order chi connectivity index (χ1) is 24.6. The molecule has 0 aromatic heterocycles. The summed E-state index contributed by atoms with van der Waals surface area (Å²) < 4.78 is 0. The molecule has 0 bridgehead atoms. The van der Waals surface area contributed by atoms with Crippen LogP contribution in [0, 0.1) is 46.3 Å². The normalized spacial score (nSPS) is 31.2. The number of unbranched alkanes of at least 4 members (excludes halogenated alkanes) is 2. The van der Waals surface area contributed by atoms with E-state index in [9.17, 15) is 9.90 Å². The van der Waals surface area contributed by atoms with Crippen LogP contribution >= 0.6 is 0 Å². The van der Waals surface area contributed by atoms with E-state index in [4.69, 9.17) is 0 Å². The molecule has 0 unspecified atom stereocenters. The third-order valence-corrected chi connectivity index (χ3v) is 15.9. The zero-order chi connectivity index (χ0) is 35.5. The summed E-state index contributed by atoms with van der Waals surface area (Å²) in [7, 11) is 0. The van der Waals surface area contributed by atoms with E-state index in [2.05, 4.69) is 89.2 Å². The Morgan fingerprint density at radius 2 is 1.61 bits per heavy atom. The van der Waals surface area contributed by atoms with Gasteiger partial charge in [-0.1, -0.05) is 120 Å². The molecule has 3 saturated carbocycles. The Morgan fingerprint density at radius 3 is 2.39 bits per heavy atom. The van der Waals surface area contributed by atoms with E-state index in [1.807, 2.05) is 0 Å². The number of hydrogen-bond donors (Lipinski definition) is 1. The Bertz CT molecular complexity index is 1900. The number of carbonyl (C=O) groups is 1. The predicted octanol–water partition coefficient (Wildman–Crippen LogP) is 13.9. The van der Waals surface area contributed by atoms with Crippen molar-refractivity contribution in [3.63, 3.8) is 0 Å². The average molecular weight is 685 g/mol. The summed E-state index contributed by atoms with van der Waals surface area (Å²) in [6, 6.07) is 18.8. The van der Waals surface area contributed by atoms with Gasteiger partial charge < -0.3 is 5.11 Å². The maximum absolute atomic E-state index is 11.3. The van der Waals surface area contributed by atoms with Crippen LogP contribution in [-0.2, 0) is 11.2 Å². The number of fused-ring (bicyclic) bond motifs is 5. The van der Waals surface area contributed by atoms with Crippen molar-refractivity contribution in [2.24, 2.45) is 46.3 Å². The van der Waals surface area contributed by atoms with Crippen LogP contribution in [0.5, 0.6) is 0 Å². The lowest BCUT2D eigenvalue weighted by molar-refractivity contribution is -0.137. The van der Waals surface area contributed by atoms with Gasteiger partial charge in [0.05, 0.1) is 0 Å². The minimum Gasteiger partial charge on any atom is -0.481 e. The van der Waals surface area contributed by atoms with Crippen molar-refractivity contribution < 1.29 is 9.90 Å². The summed E-state index contributed by atoms with van der Waals surface area (Å²) in [5.41, 5.74) is 5.82. The van der Waals surface area contributed by atoms with Crippen LogP contribution in [0.3, 0.4) is 0 Å². The molecule has 0 spiro atoms. The van der Waals surface area contributed by atoms with Gasteiger partial charge in [0.2, 0.25) is 0 Å². The summed E-state index contributed by atoms with van der Waals surface area (Å²) in [6.07, 6.45) is 22.1. The number of aryl methyl sites for hydroxylation is 1. The Morgan fingerprint density at radius 1 is 0.824 bits per heavy atom. The number of hydrogen-bond acceptors (Lipinski definition) is 1. The van der Waals surface area contributed by atoms with Crippen molar-refractivity contribution in [3.05, 3.63) is 71.3 Å². The first kappa shape index (κ1) is 35.2. The van der Waals surface area contributed by atoms with Gasteiger partial charge in [-0.3, -0.25) is 4.79 Å². The molecule has 4 aromatic rings. The van der Waals surface area contributed by atoms with Gasteiger partial charge in [0.15, 0.2) is 0 Å².